The van der Waals surface area contributed by atoms with E-state index in [9.17, 15) is 10.0 Å². The lowest BCUT2D eigenvalue weighted by atomic mass is 9.80. The number of nitrogens with zero attached hydrogens (tertiary/aromatic N) is 1. The molecule has 2 N–H and O–H groups in total. The van der Waals surface area contributed by atoms with Crippen molar-refractivity contribution in [3.63, 3.8) is 0 Å². The summed E-state index contributed by atoms with van der Waals surface area (Å²) in [6.45, 7) is 0. The summed E-state index contributed by atoms with van der Waals surface area (Å²) in [5, 5.41) is 20.8. The quantitative estimate of drug-likeness (QED) is 0.443. The highest BCUT2D eigenvalue weighted by atomic mass is 16.4. The monoisotopic (exact) mass is 379 g/mol. The minimum Gasteiger partial charge on any atom is -0.456 e. The number of furan rings is 1. The maximum absolute atomic E-state index is 9.43. The Bertz CT molecular complexity index is 1240. The van der Waals surface area contributed by atoms with Crippen molar-refractivity contribution in [1.29, 1.82) is 0 Å². The Morgan fingerprint density at radius 2 is 1.14 bits per heavy atom. The predicted octanol–water partition coefficient (Wildman–Crippen LogP) is 4.74. The number of rotatable bonds is 4. The molecule has 5 rings (SSSR count). The highest BCUT2D eigenvalue weighted by molar-refractivity contribution is 6.58. The van der Waals surface area contributed by atoms with Gasteiger partial charge in [0.05, 0.1) is 0 Å². The Labute approximate surface area is 168 Å². The van der Waals surface area contributed by atoms with Crippen LogP contribution in [0.5, 0.6) is 0 Å². The Kier molecular flexibility index (Phi) is 4.32. The van der Waals surface area contributed by atoms with E-state index in [1.165, 1.54) is 0 Å². The molecule has 0 saturated heterocycles. The molecular weight excluding hydrogens is 361 g/mol. The minimum absolute atomic E-state index is 0.409. The Morgan fingerprint density at radius 1 is 0.586 bits per heavy atom. The van der Waals surface area contributed by atoms with Crippen molar-refractivity contribution in [1.82, 2.24) is 0 Å². The summed E-state index contributed by atoms with van der Waals surface area (Å²) in [6, 6.07) is 31.8. The summed E-state index contributed by atoms with van der Waals surface area (Å²) in [5.74, 6) is 0. The zero-order valence-corrected chi connectivity index (χ0v) is 15.6. The summed E-state index contributed by atoms with van der Waals surface area (Å²) in [6.07, 6.45) is 0. The van der Waals surface area contributed by atoms with Crippen LogP contribution in [-0.4, -0.2) is 17.2 Å². The van der Waals surface area contributed by atoms with Crippen LogP contribution in [0.2, 0.25) is 0 Å². The fraction of sp³-hybridized carbons (Fsp3) is 0. The molecule has 5 aromatic rings. The third-order valence-electron chi connectivity index (χ3n) is 5.07. The van der Waals surface area contributed by atoms with Crippen molar-refractivity contribution in [3.05, 3.63) is 97.1 Å². The zero-order chi connectivity index (χ0) is 19.8. The van der Waals surface area contributed by atoms with Gasteiger partial charge < -0.3 is 19.4 Å². The first-order chi connectivity index (χ1) is 14.2. The lowest BCUT2D eigenvalue weighted by Crippen LogP contribution is -2.29. The first kappa shape index (κ1) is 17.6. The lowest BCUT2D eigenvalue weighted by Gasteiger charge is -2.25. The maximum atomic E-state index is 9.43. The second-order valence-electron chi connectivity index (χ2n) is 6.92. The molecule has 140 valence electrons. The van der Waals surface area contributed by atoms with E-state index in [4.69, 9.17) is 4.42 Å². The number of anilines is 3. The Hall–Kier alpha value is -3.54. The van der Waals surface area contributed by atoms with Gasteiger partial charge in [-0.1, -0.05) is 48.5 Å². The zero-order valence-electron chi connectivity index (χ0n) is 15.6. The van der Waals surface area contributed by atoms with E-state index in [0.717, 1.165) is 33.4 Å². The smallest absolute Gasteiger partial charge is 0.456 e. The maximum Gasteiger partial charge on any atom is 0.488 e. The molecule has 1 aromatic heterocycles. The van der Waals surface area contributed by atoms with Crippen LogP contribution in [0, 0.1) is 0 Å². The van der Waals surface area contributed by atoms with Gasteiger partial charge in [-0.2, -0.15) is 0 Å². The number of hydrogen-bond acceptors (Lipinski definition) is 4. The Morgan fingerprint density at radius 3 is 1.72 bits per heavy atom. The molecule has 0 unspecified atom stereocenters. The fourth-order valence-electron chi connectivity index (χ4n) is 3.68. The van der Waals surface area contributed by atoms with Crippen LogP contribution in [0.3, 0.4) is 0 Å². The molecule has 0 radical (unpaired) electrons. The highest BCUT2D eigenvalue weighted by Crippen LogP contribution is 2.37. The third kappa shape index (κ3) is 3.16. The van der Waals surface area contributed by atoms with Gasteiger partial charge >= 0.3 is 7.12 Å². The van der Waals surface area contributed by atoms with Crippen LogP contribution >= 0.6 is 0 Å². The van der Waals surface area contributed by atoms with E-state index in [1.54, 1.807) is 12.1 Å². The fourth-order valence-corrected chi connectivity index (χ4v) is 3.68. The third-order valence-corrected chi connectivity index (χ3v) is 5.07. The lowest BCUT2D eigenvalue weighted by molar-refractivity contribution is 0.425. The minimum atomic E-state index is -1.52. The van der Waals surface area contributed by atoms with Gasteiger partial charge in [-0.25, -0.2) is 0 Å². The van der Waals surface area contributed by atoms with Crippen molar-refractivity contribution in [2.24, 2.45) is 0 Å². The van der Waals surface area contributed by atoms with Gasteiger partial charge in [-0.05, 0) is 47.9 Å². The van der Waals surface area contributed by atoms with Crippen molar-refractivity contribution in [2.45, 2.75) is 0 Å². The van der Waals surface area contributed by atoms with Gasteiger partial charge in [-0.3, -0.25) is 0 Å². The summed E-state index contributed by atoms with van der Waals surface area (Å²) in [4.78, 5) is 2.18. The predicted molar refractivity (Wildman–Crippen MR) is 118 cm³/mol. The summed E-state index contributed by atoms with van der Waals surface area (Å²) in [7, 11) is -1.52. The first-order valence-corrected chi connectivity index (χ1v) is 9.43. The molecule has 29 heavy (non-hydrogen) atoms. The summed E-state index contributed by atoms with van der Waals surface area (Å²) in [5.41, 5.74) is 4.88. The summed E-state index contributed by atoms with van der Waals surface area (Å²) >= 11 is 0. The van der Waals surface area contributed by atoms with Gasteiger partial charge in [0.2, 0.25) is 0 Å². The second-order valence-corrected chi connectivity index (χ2v) is 6.92. The normalized spacial score (nSPS) is 11.1. The molecule has 4 nitrogen and oxygen atoms in total. The SMILES string of the molecule is OB(O)c1ccc2c(c1)oc1cc(N(c3ccccc3)c3ccccc3)ccc12. The van der Waals surface area contributed by atoms with Gasteiger partial charge in [-0.15, -0.1) is 0 Å². The van der Waals surface area contributed by atoms with Crippen molar-refractivity contribution in [2.75, 3.05) is 4.90 Å². The molecule has 0 bridgehead atoms. The van der Waals surface area contributed by atoms with Crippen molar-refractivity contribution in [3.8, 4) is 0 Å². The molecule has 5 heteroatoms. The van der Waals surface area contributed by atoms with Gasteiger partial charge in [0, 0.05) is 33.9 Å². The topological polar surface area (TPSA) is 56.8 Å². The molecule has 0 aliphatic rings. The van der Waals surface area contributed by atoms with Crippen LogP contribution in [0.1, 0.15) is 0 Å². The number of hydrogen-bond donors (Lipinski definition) is 2. The summed E-state index contributed by atoms with van der Waals surface area (Å²) < 4.78 is 6.06. The molecule has 0 aliphatic heterocycles. The van der Waals surface area contributed by atoms with Crippen LogP contribution in [-0.2, 0) is 0 Å². The van der Waals surface area contributed by atoms with E-state index >= 15 is 0 Å². The average Bonchev–Trinajstić information content (AvgIpc) is 3.12. The molecule has 0 spiro atoms. The van der Waals surface area contributed by atoms with E-state index < -0.39 is 7.12 Å². The standard InChI is InChI=1S/C24H18BNO3/c27-25(28)17-11-13-21-22-14-12-20(16-24(22)29-23(21)15-17)26(18-7-3-1-4-8-18)19-9-5-2-6-10-19/h1-16,27-28H. The highest BCUT2D eigenvalue weighted by Gasteiger charge is 2.17. The van der Waals surface area contributed by atoms with Crippen molar-refractivity contribution >= 4 is 51.6 Å². The molecule has 0 atom stereocenters. The molecule has 0 amide bonds. The van der Waals surface area contributed by atoms with Crippen LogP contribution < -0.4 is 10.4 Å². The van der Waals surface area contributed by atoms with Gasteiger partial charge in [0.1, 0.15) is 11.2 Å². The van der Waals surface area contributed by atoms with E-state index in [2.05, 4.69) is 35.2 Å². The second kappa shape index (κ2) is 7.13. The Balaban J connectivity index is 1.68. The van der Waals surface area contributed by atoms with Crippen LogP contribution in [0.15, 0.2) is 101 Å². The van der Waals surface area contributed by atoms with Crippen LogP contribution in [0.4, 0.5) is 17.1 Å². The number of fused-ring (bicyclic) bond motifs is 3. The molecular formula is C24H18BNO3. The molecule has 4 aromatic carbocycles. The largest absolute Gasteiger partial charge is 0.488 e. The van der Waals surface area contributed by atoms with E-state index in [0.29, 0.717) is 11.0 Å². The number of para-hydroxylation sites is 2. The molecule has 1 heterocycles. The van der Waals surface area contributed by atoms with Gasteiger partial charge in [0.25, 0.3) is 0 Å². The van der Waals surface area contributed by atoms with Gasteiger partial charge in [0.15, 0.2) is 0 Å². The molecule has 0 aliphatic carbocycles. The molecule has 0 fully saturated rings. The molecule has 0 saturated carbocycles. The van der Waals surface area contributed by atoms with E-state index in [1.807, 2.05) is 54.6 Å². The first-order valence-electron chi connectivity index (χ1n) is 9.43. The van der Waals surface area contributed by atoms with Crippen molar-refractivity contribution < 1.29 is 14.5 Å². The number of benzene rings is 4. The average molecular weight is 379 g/mol. The van der Waals surface area contributed by atoms with E-state index in [-0.39, 0.29) is 0 Å². The van der Waals surface area contributed by atoms with Crippen LogP contribution in [0.25, 0.3) is 21.9 Å².